The zero-order valence-electron chi connectivity index (χ0n) is 9.60. The fourth-order valence-corrected chi connectivity index (χ4v) is 3.04. The summed E-state index contributed by atoms with van der Waals surface area (Å²) in [6.07, 6.45) is 2.37. The minimum atomic E-state index is -0.287. The van der Waals surface area contributed by atoms with E-state index in [1.807, 2.05) is 23.6 Å². The Morgan fingerprint density at radius 2 is 2.11 bits per heavy atom. The molecule has 0 fully saturated rings. The van der Waals surface area contributed by atoms with Gasteiger partial charge < -0.3 is 0 Å². The first-order chi connectivity index (χ1) is 8.74. The van der Waals surface area contributed by atoms with Gasteiger partial charge in [0, 0.05) is 4.88 Å². The maximum absolute atomic E-state index is 13.2. The van der Waals surface area contributed by atoms with E-state index in [0.717, 1.165) is 16.0 Å². The van der Waals surface area contributed by atoms with Crippen LogP contribution in [0.2, 0.25) is 0 Å². The average molecular weight is 258 g/mol. The van der Waals surface area contributed by atoms with Crippen LogP contribution in [-0.2, 0) is 4.79 Å². The second-order valence-electron chi connectivity index (χ2n) is 4.36. The van der Waals surface area contributed by atoms with Crippen LogP contribution in [-0.4, -0.2) is 5.78 Å². The van der Waals surface area contributed by atoms with Gasteiger partial charge in [-0.15, -0.1) is 11.3 Å². The topological polar surface area (TPSA) is 17.1 Å². The molecule has 0 saturated carbocycles. The molecule has 3 rings (SSSR count). The molecule has 18 heavy (non-hydrogen) atoms. The Morgan fingerprint density at radius 1 is 1.22 bits per heavy atom. The molecule has 0 amide bonds. The molecule has 0 saturated heterocycles. The molecule has 0 spiro atoms. The molecule has 1 heterocycles. The van der Waals surface area contributed by atoms with Gasteiger partial charge in [-0.3, -0.25) is 4.79 Å². The van der Waals surface area contributed by atoms with E-state index in [1.165, 1.54) is 12.1 Å². The Morgan fingerprint density at radius 3 is 2.83 bits per heavy atom. The van der Waals surface area contributed by atoms with Crippen molar-refractivity contribution in [3.05, 3.63) is 64.1 Å². The highest BCUT2D eigenvalue weighted by Crippen LogP contribution is 2.37. The molecular weight excluding hydrogens is 247 g/mol. The highest BCUT2D eigenvalue weighted by atomic mass is 32.1. The van der Waals surface area contributed by atoms with Crippen molar-refractivity contribution in [2.45, 2.75) is 12.3 Å². The van der Waals surface area contributed by atoms with Crippen LogP contribution in [0, 0.1) is 5.82 Å². The lowest BCUT2D eigenvalue weighted by molar-refractivity contribution is -0.115. The lowest BCUT2D eigenvalue weighted by atomic mass is 9.94. The molecule has 1 aromatic heterocycles. The SMILES string of the molecule is O=C1C=C(c2cccs2)CC1c1cccc(F)c1. The minimum absolute atomic E-state index is 0.0731. The number of thiophene rings is 1. The number of benzene rings is 1. The molecule has 0 aliphatic heterocycles. The molecule has 1 atom stereocenters. The van der Waals surface area contributed by atoms with Crippen LogP contribution in [0.5, 0.6) is 0 Å². The molecule has 1 aliphatic rings. The van der Waals surface area contributed by atoms with Crippen molar-refractivity contribution in [1.82, 2.24) is 0 Å². The number of rotatable bonds is 2. The number of hydrogen-bond donors (Lipinski definition) is 0. The Hall–Kier alpha value is -1.74. The number of hydrogen-bond acceptors (Lipinski definition) is 2. The van der Waals surface area contributed by atoms with Gasteiger partial charge in [-0.2, -0.15) is 0 Å². The molecule has 2 aromatic rings. The zero-order valence-corrected chi connectivity index (χ0v) is 10.4. The van der Waals surface area contributed by atoms with E-state index in [1.54, 1.807) is 23.5 Å². The molecule has 0 bridgehead atoms. The largest absolute Gasteiger partial charge is 0.294 e. The van der Waals surface area contributed by atoms with Crippen LogP contribution >= 0.6 is 11.3 Å². The third-order valence-electron chi connectivity index (χ3n) is 3.17. The van der Waals surface area contributed by atoms with Crippen LogP contribution < -0.4 is 0 Å². The number of carbonyl (C=O) groups excluding carboxylic acids is 1. The third-order valence-corrected chi connectivity index (χ3v) is 4.12. The number of halogens is 1. The van der Waals surface area contributed by atoms with E-state index in [0.29, 0.717) is 6.42 Å². The Kier molecular flexibility index (Phi) is 2.84. The second kappa shape index (κ2) is 4.50. The maximum Gasteiger partial charge on any atom is 0.163 e. The first-order valence-corrected chi connectivity index (χ1v) is 6.66. The minimum Gasteiger partial charge on any atom is -0.294 e. The van der Waals surface area contributed by atoms with Crippen molar-refractivity contribution in [2.75, 3.05) is 0 Å². The van der Waals surface area contributed by atoms with E-state index in [4.69, 9.17) is 0 Å². The van der Waals surface area contributed by atoms with Gasteiger partial charge >= 0.3 is 0 Å². The quantitative estimate of drug-likeness (QED) is 0.795. The summed E-state index contributed by atoms with van der Waals surface area (Å²) in [7, 11) is 0. The van der Waals surface area contributed by atoms with E-state index in [2.05, 4.69) is 0 Å². The Labute approximate surface area is 109 Å². The summed E-state index contributed by atoms with van der Waals surface area (Å²) < 4.78 is 13.2. The van der Waals surface area contributed by atoms with E-state index in [-0.39, 0.29) is 17.5 Å². The summed E-state index contributed by atoms with van der Waals surface area (Å²) >= 11 is 1.63. The summed E-state index contributed by atoms with van der Waals surface area (Å²) in [6.45, 7) is 0. The van der Waals surface area contributed by atoms with Crippen LogP contribution in [0.25, 0.3) is 5.57 Å². The molecule has 1 unspecified atom stereocenters. The van der Waals surface area contributed by atoms with Crippen LogP contribution in [0.1, 0.15) is 22.8 Å². The van der Waals surface area contributed by atoms with Gasteiger partial charge in [0.05, 0.1) is 5.92 Å². The van der Waals surface area contributed by atoms with Crippen LogP contribution in [0.3, 0.4) is 0 Å². The fourth-order valence-electron chi connectivity index (χ4n) is 2.29. The number of ketones is 1. The normalized spacial score (nSPS) is 19.1. The summed E-state index contributed by atoms with van der Waals surface area (Å²) in [5.41, 5.74) is 1.83. The maximum atomic E-state index is 13.2. The van der Waals surface area contributed by atoms with Crippen molar-refractivity contribution >= 4 is 22.7 Å². The van der Waals surface area contributed by atoms with E-state index < -0.39 is 0 Å². The summed E-state index contributed by atoms with van der Waals surface area (Å²) in [5, 5.41) is 2.00. The van der Waals surface area contributed by atoms with Crippen molar-refractivity contribution < 1.29 is 9.18 Å². The molecule has 1 aromatic carbocycles. The van der Waals surface area contributed by atoms with Gasteiger partial charge in [-0.25, -0.2) is 4.39 Å². The summed E-state index contributed by atoms with van der Waals surface area (Å²) in [4.78, 5) is 13.1. The second-order valence-corrected chi connectivity index (χ2v) is 5.31. The molecule has 90 valence electrons. The fraction of sp³-hybridized carbons (Fsp3) is 0.133. The van der Waals surface area contributed by atoms with Gasteiger partial charge in [-0.1, -0.05) is 18.2 Å². The van der Waals surface area contributed by atoms with Crippen LogP contribution in [0.15, 0.2) is 47.9 Å². The van der Waals surface area contributed by atoms with Gasteiger partial charge in [0.25, 0.3) is 0 Å². The standard InChI is InChI=1S/C15H11FOS/c16-12-4-1-3-10(7-12)13-8-11(9-14(13)17)15-5-2-6-18-15/h1-7,9,13H,8H2. The first-order valence-electron chi connectivity index (χ1n) is 5.78. The van der Waals surface area contributed by atoms with Crippen LogP contribution in [0.4, 0.5) is 4.39 Å². The lowest BCUT2D eigenvalue weighted by Gasteiger charge is -2.09. The predicted octanol–water partition coefficient (Wildman–Crippen LogP) is 4.03. The lowest BCUT2D eigenvalue weighted by Crippen LogP contribution is -2.04. The van der Waals surface area contributed by atoms with Gasteiger partial charge in [0.15, 0.2) is 5.78 Å². The molecule has 1 nitrogen and oxygen atoms in total. The summed E-state index contributed by atoms with van der Waals surface area (Å²) in [5.74, 6) is -0.438. The highest BCUT2D eigenvalue weighted by Gasteiger charge is 2.27. The van der Waals surface area contributed by atoms with Crippen molar-refractivity contribution in [3.63, 3.8) is 0 Å². The zero-order chi connectivity index (χ0) is 12.5. The Bertz CT molecular complexity index is 613. The average Bonchev–Trinajstić information content (AvgIpc) is 2.97. The Balaban J connectivity index is 1.89. The van der Waals surface area contributed by atoms with Crippen molar-refractivity contribution in [3.8, 4) is 0 Å². The van der Waals surface area contributed by atoms with E-state index in [9.17, 15) is 9.18 Å². The highest BCUT2D eigenvalue weighted by molar-refractivity contribution is 7.11. The van der Waals surface area contributed by atoms with Gasteiger partial charge in [-0.05, 0) is 47.2 Å². The third kappa shape index (κ3) is 2.02. The molecule has 3 heteroatoms. The molecule has 0 radical (unpaired) electrons. The first kappa shape index (κ1) is 11.4. The number of carbonyl (C=O) groups is 1. The van der Waals surface area contributed by atoms with Gasteiger partial charge in [0.1, 0.15) is 5.82 Å². The molecular formula is C15H11FOS. The predicted molar refractivity (Wildman–Crippen MR) is 71.1 cm³/mol. The van der Waals surface area contributed by atoms with Crippen molar-refractivity contribution in [2.24, 2.45) is 0 Å². The van der Waals surface area contributed by atoms with Gasteiger partial charge in [0.2, 0.25) is 0 Å². The number of allylic oxidation sites excluding steroid dienone is 2. The monoisotopic (exact) mass is 258 g/mol. The smallest absolute Gasteiger partial charge is 0.163 e. The van der Waals surface area contributed by atoms with E-state index >= 15 is 0 Å². The molecule has 0 N–H and O–H groups in total. The summed E-state index contributed by atoms with van der Waals surface area (Å²) in [6, 6.07) is 10.3. The molecule has 1 aliphatic carbocycles. The van der Waals surface area contributed by atoms with Crippen molar-refractivity contribution in [1.29, 1.82) is 0 Å².